The van der Waals surface area contributed by atoms with Crippen molar-refractivity contribution in [3.63, 3.8) is 0 Å². The number of ether oxygens (including phenoxy) is 1. The molecule has 0 aliphatic carbocycles. The molecule has 0 saturated carbocycles. The number of carbonyl (C=O) groups excluding carboxylic acids is 3. The van der Waals surface area contributed by atoms with Gasteiger partial charge in [-0.05, 0) is 64.0 Å². The number of aliphatic hydroxyl groups excluding tert-OH is 1. The van der Waals surface area contributed by atoms with Gasteiger partial charge in [-0.25, -0.2) is 0 Å². The maximum Gasteiger partial charge on any atom is 0.246 e. The van der Waals surface area contributed by atoms with E-state index in [9.17, 15) is 19.5 Å². The number of likely N-dealkylation sites (tertiary alicyclic amines) is 1. The van der Waals surface area contributed by atoms with Gasteiger partial charge in [-0.3, -0.25) is 14.4 Å². The van der Waals surface area contributed by atoms with Crippen molar-refractivity contribution in [1.82, 2.24) is 10.2 Å². The minimum atomic E-state index is -1.14. The Morgan fingerprint density at radius 3 is 2.35 bits per heavy atom. The van der Waals surface area contributed by atoms with Crippen LogP contribution in [-0.4, -0.2) is 63.2 Å². The molecule has 1 spiro atoms. The molecule has 3 heterocycles. The summed E-state index contributed by atoms with van der Waals surface area (Å²) in [4.78, 5) is 43.3. The minimum absolute atomic E-state index is 0.0217. The first-order chi connectivity index (χ1) is 17.1. The molecule has 3 saturated heterocycles. The molecule has 2 bridgehead atoms. The lowest BCUT2D eigenvalue weighted by Gasteiger charge is -2.39. The van der Waals surface area contributed by atoms with Crippen LogP contribution in [0.3, 0.4) is 0 Å². The Kier molecular flexibility index (Phi) is 6.77. The van der Waals surface area contributed by atoms with Gasteiger partial charge in [0.2, 0.25) is 17.7 Å². The number of nitrogens with one attached hydrogen (secondary N) is 2. The molecule has 1 aromatic carbocycles. The zero-order valence-corrected chi connectivity index (χ0v) is 23.4. The largest absolute Gasteiger partial charge is 0.394 e. The lowest BCUT2D eigenvalue weighted by atomic mass is 9.62. The van der Waals surface area contributed by atoms with Crippen LogP contribution in [0.4, 0.5) is 5.69 Å². The second-order valence-corrected chi connectivity index (χ2v) is 13.4. The van der Waals surface area contributed by atoms with Gasteiger partial charge in [0, 0.05) is 11.2 Å². The average Bonchev–Trinajstić information content (AvgIpc) is 3.28. The average molecular weight is 514 g/mol. The molecule has 4 rings (SSSR count). The van der Waals surface area contributed by atoms with E-state index >= 15 is 0 Å². The van der Waals surface area contributed by atoms with Crippen LogP contribution in [0.2, 0.25) is 0 Å². The molecule has 7 atom stereocenters. The van der Waals surface area contributed by atoms with Crippen molar-refractivity contribution in [2.45, 2.75) is 97.1 Å². The third-order valence-electron chi connectivity index (χ3n) is 8.50. The van der Waals surface area contributed by atoms with Crippen molar-refractivity contribution in [2.24, 2.45) is 23.2 Å². The van der Waals surface area contributed by atoms with E-state index in [2.05, 4.69) is 31.4 Å². The van der Waals surface area contributed by atoms with Gasteiger partial charge in [0.25, 0.3) is 0 Å². The maximum atomic E-state index is 14.1. The van der Waals surface area contributed by atoms with Gasteiger partial charge in [-0.1, -0.05) is 45.9 Å². The molecule has 37 heavy (non-hydrogen) atoms. The Morgan fingerprint density at radius 1 is 1.16 bits per heavy atom. The number of amides is 3. The van der Waals surface area contributed by atoms with Crippen LogP contribution in [0.5, 0.6) is 0 Å². The fourth-order valence-electron chi connectivity index (χ4n) is 7.45. The van der Waals surface area contributed by atoms with Gasteiger partial charge >= 0.3 is 0 Å². The van der Waals surface area contributed by atoms with Gasteiger partial charge in [0.05, 0.1) is 30.1 Å². The summed E-state index contributed by atoms with van der Waals surface area (Å²) in [5.74, 6) is -2.52. The quantitative estimate of drug-likeness (QED) is 0.518. The highest BCUT2D eigenvalue weighted by Gasteiger charge is 2.80. The number of benzene rings is 1. The SMILES string of the molecule is CC1CC23O[C@]1(C)[C@@H](C(=O)Nc1ccccc1)[C@H]2C(=O)N([C@H](C)CO)C3C(=O)NC(C)(C)CC(C)(C)C. The number of hydrogen-bond donors (Lipinski definition) is 3. The van der Waals surface area contributed by atoms with Crippen LogP contribution >= 0.6 is 0 Å². The molecule has 1 aromatic rings. The molecular weight excluding hydrogens is 470 g/mol. The van der Waals surface area contributed by atoms with Crippen molar-refractivity contribution in [3.8, 4) is 0 Å². The third-order valence-corrected chi connectivity index (χ3v) is 8.50. The molecule has 3 aliphatic heterocycles. The molecule has 0 aromatic heterocycles. The van der Waals surface area contributed by atoms with Crippen LogP contribution in [0.1, 0.15) is 68.2 Å². The van der Waals surface area contributed by atoms with E-state index in [0.717, 1.165) is 6.42 Å². The smallest absolute Gasteiger partial charge is 0.246 e. The number of fused-ring (bicyclic) bond motifs is 1. The zero-order valence-electron chi connectivity index (χ0n) is 23.4. The monoisotopic (exact) mass is 513 g/mol. The highest BCUT2D eigenvalue weighted by atomic mass is 16.5. The topological polar surface area (TPSA) is 108 Å². The second kappa shape index (κ2) is 9.09. The van der Waals surface area contributed by atoms with E-state index < -0.39 is 40.7 Å². The normalized spacial score (nSPS) is 33.9. The standard InChI is InChI=1S/C29H43N3O5/c1-17-14-29-21(20(28(17,8)37-29)23(34)30-19-12-10-9-11-13-19)25(36)32(18(2)15-33)22(29)24(35)31-27(6,7)16-26(3,4)5/h9-13,17-18,20-22,33H,14-16H2,1-8H3,(H,30,34)(H,31,35)/t17?,18-,20-,21+,22?,28+,29?/m1/s1. The summed E-state index contributed by atoms with van der Waals surface area (Å²) in [6, 6.07) is 7.61. The van der Waals surface area contributed by atoms with E-state index in [4.69, 9.17) is 4.74 Å². The molecule has 8 heteroatoms. The lowest BCUT2D eigenvalue weighted by molar-refractivity contribution is -0.150. The summed E-state index contributed by atoms with van der Waals surface area (Å²) in [6.45, 7) is 15.7. The van der Waals surface area contributed by atoms with Crippen molar-refractivity contribution in [2.75, 3.05) is 11.9 Å². The van der Waals surface area contributed by atoms with Gasteiger partial charge in [-0.2, -0.15) is 0 Å². The maximum absolute atomic E-state index is 14.1. The van der Waals surface area contributed by atoms with E-state index in [1.807, 2.05) is 45.9 Å². The fourth-order valence-corrected chi connectivity index (χ4v) is 7.45. The van der Waals surface area contributed by atoms with Gasteiger partial charge in [0.15, 0.2) is 0 Å². The summed E-state index contributed by atoms with van der Waals surface area (Å²) in [6.07, 6.45) is 1.22. The summed E-state index contributed by atoms with van der Waals surface area (Å²) < 4.78 is 6.73. The van der Waals surface area contributed by atoms with Crippen LogP contribution in [0, 0.1) is 23.2 Å². The number of aliphatic hydroxyl groups is 1. The van der Waals surface area contributed by atoms with Crippen LogP contribution < -0.4 is 10.6 Å². The van der Waals surface area contributed by atoms with E-state index in [1.165, 1.54) is 4.90 Å². The second-order valence-electron chi connectivity index (χ2n) is 13.4. The Bertz CT molecular complexity index is 1070. The summed E-state index contributed by atoms with van der Waals surface area (Å²) >= 11 is 0. The zero-order chi connectivity index (χ0) is 27.6. The van der Waals surface area contributed by atoms with Gasteiger partial charge < -0.3 is 25.4 Å². The predicted octanol–water partition coefficient (Wildman–Crippen LogP) is 3.35. The molecule has 3 amide bonds. The van der Waals surface area contributed by atoms with Crippen molar-refractivity contribution in [3.05, 3.63) is 30.3 Å². The van der Waals surface area contributed by atoms with Gasteiger partial charge in [-0.15, -0.1) is 0 Å². The lowest BCUT2D eigenvalue weighted by Crippen LogP contribution is -2.61. The molecule has 3 aliphatic rings. The van der Waals surface area contributed by atoms with Crippen molar-refractivity contribution < 1.29 is 24.2 Å². The number of hydrogen-bond acceptors (Lipinski definition) is 5. The number of carbonyl (C=O) groups is 3. The Morgan fingerprint density at radius 2 is 1.78 bits per heavy atom. The number of anilines is 1. The number of rotatable bonds is 7. The van der Waals surface area contributed by atoms with Crippen LogP contribution in [0.15, 0.2) is 30.3 Å². The van der Waals surface area contributed by atoms with Gasteiger partial charge in [0.1, 0.15) is 11.6 Å². The molecule has 3 fully saturated rings. The Hall–Kier alpha value is -2.45. The Labute approximate surface area is 220 Å². The van der Waals surface area contributed by atoms with E-state index in [1.54, 1.807) is 19.1 Å². The van der Waals surface area contributed by atoms with Crippen molar-refractivity contribution in [1.29, 1.82) is 0 Å². The number of para-hydroxylation sites is 1. The summed E-state index contributed by atoms with van der Waals surface area (Å²) in [7, 11) is 0. The highest BCUT2D eigenvalue weighted by Crippen LogP contribution is 2.65. The molecule has 204 valence electrons. The Balaban J connectivity index is 1.74. The molecular formula is C29H43N3O5. The van der Waals surface area contributed by atoms with Crippen molar-refractivity contribution >= 4 is 23.4 Å². The molecule has 3 unspecified atom stereocenters. The van der Waals surface area contributed by atoms with Crippen LogP contribution in [0.25, 0.3) is 0 Å². The molecule has 8 nitrogen and oxygen atoms in total. The van der Waals surface area contributed by atoms with E-state index in [0.29, 0.717) is 12.1 Å². The first-order valence-corrected chi connectivity index (χ1v) is 13.4. The van der Waals surface area contributed by atoms with Crippen LogP contribution in [-0.2, 0) is 19.1 Å². The predicted molar refractivity (Wildman–Crippen MR) is 142 cm³/mol. The summed E-state index contributed by atoms with van der Waals surface area (Å²) in [5, 5.41) is 16.2. The fraction of sp³-hybridized carbons (Fsp3) is 0.690. The minimum Gasteiger partial charge on any atom is -0.394 e. The third kappa shape index (κ3) is 4.56. The highest BCUT2D eigenvalue weighted by molar-refractivity contribution is 6.02. The summed E-state index contributed by atoms with van der Waals surface area (Å²) in [5.41, 5.74) is -1.95. The molecule has 0 radical (unpaired) electrons. The number of nitrogens with zero attached hydrogens (tertiary/aromatic N) is 1. The first kappa shape index (κ1) is 27.6. The van der Waals surface area contributed by atoms with E-state index in [-0.39, 0.29) is 35.7 Å². The first-order valence-electron chi connectivity index (χ1n) is 13.4. The molecule has 3 N–H and O–H groups in total.